The zero-order chi connectivity index (χ0) is 13.9. The SMILES string of the molecule is CCc1ccccc1C(=O)NC1(C)CCN(C)CC1. The quantitative estimate of drug-likeness (QED) is 0.905. The number of benzene rings is 1. The Morgan fingerprint density at radius 3 is 2.58 bits per heavy atom. The lowest BCUT2D eigenvalue weighted by Gasteiger charge is -2.38. The van der Waals surface area contributed by atoms with Gasteiger partial charge in [-0.3, -0.25) is 4.79 Å². The maximum Gasteiger partial charge on any atom is 0.251 e. The maximum absolute atomic E-state index is 12.5. The molecular weight excluding hydrogens is 236 g/mol. The van der Waals surface area contributed by atoms with Crippen molar-refractivity contribution < 1.29 is 4.79 Å². The Balaban J connectivity index is 2.08. The predicted molar refractivity (Wildman–Crippen MR) is 78.4 cm³/mol. The standard InChI is InChI=1S/C16H24N2O/c1-4-13-7-5-6-8-14(13)15(19)17-16(2)9-11-18(3)12-10-16/h5-8H,4,9-12H2,1-3H3,(H,17,19). The molecule has 19 heavy (non-hydrogen) atoms. The van der Waals surface area contributed by atoms with Crippen LogP contribution in [-0.4, -0.2) is 36.5 Å². The van der Waals surface area contributed by atoms with Crippen LogP contribution in [0.1, 0.15) is 42.6 Å². The van der Waals surface area contributed by atoms with Gasteiger partial charge in [-0.25, -0.2) is 0 Å². The van der Waals surface area contributed by atoms with Crippen molar-refractivity contribution in [2.45, 2.75) is 38.6 Å². The van der Waals surface area contributed by atoms with Gasteiger partial charge in [-0.2, -0.15) is 0 Å². The summed E-state index contributed by atoms with van der Waals surface area (Å²) in [7, 11) is 2.13. The van der Waals surface area contributed by atoms with Crippen LogP contribution in [0.5, 0.6) is 0 Å². The topological polar surface area (TPSA) is 32.3 Å². The molecule has 1 aromatic carbocycles. The van der Waals surface area contributed by atoms with Crippen LogP contribution in [0.25, 0.3) is 0 Å². The van der Waals surface area contributed by atoms with Crippen molar-refractivity contribution in [3.8, 4) is 0 Å². The second-order valence-corrected chi connectivity index (χ2v) is 5.83. The molecule has 1 heterocycles. The number of piperidine rings is 1. The molecular formula is C16H24N2O. The van der Waals surface area contributed by atoms with E-state index in [0.29, 0.717) is 0 Å². The van der Waals surface area contributed by atoms with Crippen LogP contribution in [-0.2, 0) is 6.42 Å². The Morgan fingerprint density at radius 1 is 1.32 bits per heavy atom. The lowest BCUT2D eigenvalue weighted by Crippen LogP contribution is -2.52. The van der Waals surface area contributed by atoms with Gasteiger partial charge in [0, 0.05) is 24.2 Å². The highest BCUT2D eigenvalue weighted by Gasteiger charge is 2.30. The second kappa shape index (κ2) is 5.74. The Bertz CT molecular complexity index is 448. The van der Waals surface area contributed by atoms with Gasteiger partial charge in [0.25, 0.3) is 5.91 Å². The van der Waals surface area contributed by atoms with E-state index in [4.69, 9.17) is 0 Å². The van der Waals surface area contributed by atoms with Crippen LogP contribution in [0.15, 0.2) is 24.3 Å². The number of carbonyl (C=O) groups excluding carboxylic acids is 1. The lowest BCUT2D eigenvalue weighted by molar-refractivity contribution is 0.0851. The monoisotopic (exact) mass is 260 g/mol. The van der Waals surface area contributed by atoms with Gasteiger partial charge in [-0.1, -0.05) is 25.1 Å². The molecule has 1 aromatic rings. The smallest absolute Gasteiger partial charge is 0.251 e. The molecule has 0 spiro atoms. The van der Waals surface area contributed by atoms with E-state index in [1.807, 2.05) is 24.3 Å². The largest absolute Gasteiger partial charge is 0.347 e. The number of rotatable bonds is 3. The Hall–Kier alpha value is -1.35. The van der Waals surface area contributed by atoms with E-state index in [-0.39, 0.29) is 11.4 Å². The molecule has 1 amide bonds. The van der Waals surface area contributed by atoms with Crippen molar-refractivity contribution >= 4 is 5.91 Å². The van der Waals surface area contributed by atoms with Crippen molar-refractivity contribution in [3.63, 3.8) is 0 Å². The predicted octanol–water partition coefficient (Wildman–Crippen LogP) is 2.46. The summed E-state index contributed by atoms with van der Waals surface area (Å²) >= 11 is 0. The molecule has 1 aliphatic heterocycles. The van der Waals surface area contributed by atoms with Crippen molar-refractivity contribution in [3.05, 3.63) is 35.4 Å². The number of likely N-dealkylation sites (tertiary alicyclic amines) is 1. The van der Waals surface area contributed by atoms with Gasteiger partial charge < -0.3 is 10.2 Å². The number of carbonyl (C=O) groups is 1. The average Bonchev–Trinajstić information content (AvgIpc) is 2.42. The summed E-state index contributed by atoms with van der Waals surface area (Å²) in [6.07, 6.45) is 2.93. The van der Waals surface area contributed by atoms with E-state index in [9.17, 15) is 4.79 Å². The fraction of sp³-hybridized carbons (Fsp3) is 0.562. The summed E-state index contributed by atoms with van der Waals surface area (Å²) in [4.78, 5) is 14.8. The zero-order valence-electron chi connectivity index (χ0n) is 12.2. The fourth-order valence-electron chi connectivity index (χ4n) is 2.63. The number of nitrogens with one attached hydrogen (secondary N) is 1. The molecule has 0 saturated carbocycles. The fourth-order valence-corrected chi connectivity index (χ4v) is 2.63. The highest BCUT2D eigenvalue weighted by atomic mass is 16.1. The van der Waals surface area contributed by atoms with Crippen LogP contribution in [0, 0.1) is 0 Å². The molecule has 3 nitrogen and oxygen atoms in total. The molecule has 0 radical (unpaired) electrons. The van der Waals surface area contributed by atoms with Gasteiger partial charge in [0.2, 0.25) is 0 Å². The van der Waals surface area contributed by atoms with Gasteiger partial charge in [0.1, 0.15) is 0 Å². The van der Waals surface area contributed by atoms with Crippen molar-refractivity contribution in [1.82, 2.24) is 10.2 Å². The van der Waals surface area contributed by atoms with E-state index >= 15 is 0 Å². The normalized spacial score (nSPS) is 19.1. The van der Waals surface area contributed by atoms with Gasteiger partial charge in [0.15, 0.2) is 0 Å². The first kappa shape index (κ1) is 14.1. The number of aryl methyl sites for hydroxylation is 1. The number of nitrogens with zero attached hydrogens (tertiary/aromatic N) is 1. The molecule has 1 aliphatic rings. The molecule has 0 bridgehead atoms. The van der Waals surface area contributed by atoms with E-state index in [2.05, 4.69) is 31.1 Å². The van der Waals surface area contributed by atoms with Crippen LogP contribution in [0.3, 0.4) is 0 Å². The highest BCUT2D eigenvalue weighted by molar-refractivity contribution is 5.96. The highest BCUT2D eigenvalue weighted by Crippen LogP contribution is 2.22. The van der Waals surface area contributed by atoms with E-state index in [1.165, 1.54) is 0 Å². The first-order valence-electron chi connectivity index (χ1n) is 7.13. The molecule has 0 unspecified atom stereocenters. The molecule has 3 heteroatoms. The van der Waals surface area contributed by atoms with Gasteiger partial charge in [-0.15, -0.1) is 0 Å². The van der Waals surface area contributed by atoms with E-state index in [0.717, 1.165) is 43.5 Å². The third kappa shape index (κ3) is 3.35. The van der Waals surface area contributed by atoms with E-state index in [1.54, 1.807) is 0 Å². The van der Waals surface area contributed by atoms with Crippen molar-refractivity contribution in [2.75, 3.05) is 20.1 Å². The first-order valence-corrected chi connectivity index (χ1v) is 7.13. The summed E-state index contributed by atoms with van der Waals surface area (Å²) in [5, 5.41) is 3.24. The molecule has 1 saturated heterocycles. The third-order valence-electron chi connectivity index (χ3n) is 4.15. The summed E-state index contributed by atoms with van der Waals surface area (Å²) in [5.41, 5.74) is 1.88. The molecule has 0 aromatic heterocycles. The second-order valence-electron chi connectivity index (χ2n) is 5.83. The minimum Gasteiger partial charge on any atom is -0.347 e. The zero-order valence-corrected chi connectivity index (χ0v) is 12.2. The lowest BCUT2D eigenvalue weighted by atomic mass is 9.89. The molecule has 0 aliphatic carbocycles. The Labute approximate surface area is 116 Å². The third-order valence-corrected chi connectivity index (χ3v) is 4.15. The van der Waals surface area contributed by atoms with Crippen LogP contribution >= 0.6 is 0 Å². The minimum atomic E-state index is -0.0650. The van der Waals surface area contributed by atoms with E-state index < -0.39 is 0 Å². The number of hydrogen-bond acceptors (Lipinski definition) is 2. The van der Waals surface area contributed by atoms with Gasteiger partial charge >= 0.3 is 0 Å². The minimum absolute atomic E-state index is 0.0650. The molecule has 104 valence electrons. The molecule has 1 N–H and O–H groups in total. The first-order chi connectivity index (χ1) is 9.04. The molecule has 0 atom stereocenters. The van der Waals surface area contributed by atoms with Gasteiger partial charge in [0.05, 0.1) is 0 Å². The van der Waals surface area contributed by atoms with Gasteiger partial charge in [-0.05, 0) is 44.9 Å². The van der Waals surface area contributed by atoms with Crippen LogP contribution in [0.2, 0.25) is 0 Å². The van der Waals surface area contributed by atoms with Crippen molar-refractivity contribution in [2.24, 2.45) is 0 Å². The summed E-state index contributed by atoms with van der Waals surface area (Å²) in [6.45, 7) is 6.34. The molecule has 2 rings (SSSR count). The van der Waals surface area contributed by atoms with Crippen LogP contribution in [0.4, 0.5) is 0 Å². The maximum atomic E-state index is 12.5. The summed E-state index contributed by atoms with van der Waals surface area (Å²) in [5.74, 6) is 0.0736. The average molecular weight is 260 g/mol. The van der Waals surface area contributed by atoms with Crippen LogP contribution < -0.4 is 5.32 Å². The summed E-state index contributed by atoms with van der Waals surface area (Å²) < 4.78 is 0. The van der Waals surface area contributed by atoms with Crippen molar-refractivity contribution in [1.29, 1.82) is 0 Å². The Morgan fingerprint density at radius 2 is 1.95 bits per heavy atom. The molecule has 1 fully saturated rings. The Kier molecular flexibility index (Phi) is 4.25. The summed E-state index contributed by atoms with van der Waals surface area (Å²) in [6, 6.07) is 7.89. The number of amides is 1. The number of hydrogen-bond donors (Lipinski definition) is 1.